The van der Waals surface area contributed by atoms with Crippen LogP contribution in [-0.2, 0) is 0 Å². The van der Waals surface area contributed by atoms with E-state index in [9.17, 15) is 0 Å². The van der Waals surface area contributed by atoms with Crippen molar-refractivity contribution in [1.82, 2.24) is 0 Å². The highest BCUT2D eigenvalue weighted by molar-refractivity contribution is 5.90. The van der Waals surface area contributed by atoms with Crippen LogP contribution in [0.2, 0.25) is 0 Å². The molecular formula is C60H46N2. The molecule has 0 saturated carbocycles. The summed E-state index contributed by atoms with van der Waals surface area (Å²) in [7, 11) is 0. The summed E-state index contributed by atoms with van der Waals surface area (Å²) in [4.78, 5) is 4.78. The molecule has 0 amide bonds. The molecule has 10 rings (SSSR count). The molecule has 2 heteroatoms. The Morgan fingerprint density at radius 3 is 1.47 bits per heavy atom. The van der Waals surface area contributed by atoms with E-state index in [2.05, 4.69) is 240 Å². The first-order valence-electron chi connectivity index (χ1n) is 21.6. The van der Waals surface area contributed by atoms with E-state index in [1.54, 1.807) is 0 Å². The largest absolute Gasteiger partial charge is 0.314 e. The van der Waals surface area contributed by atoms with Crippen LogP contribution < -0.4 is 9.80 Å². The fraction of sp³-hybridized carbons (Fsp3) is 0.0667. The summed E-state index contributed by atoms with van der Waals surface area (Å²) in [5.41, 5.74) is 19.0. The zero-order chi connectivity index (χ0) is 41.5. The van der Waals surface area contributed by atoms with E-state index in [1.165, 1.54) is 61.5 Å². The molecule has 2 aliphatic carbocycles. The number of para-hydroxylation sites is 1. The van der Waals surface area contributed by atoms with Gasteiger partial charge in [-0.2, -0.15) is 0 Å². The molecule has 0 heterocycles. The standard InChI is InChI=1S/C60H46N2/c1-6-16-45(17-7-1)47-26-28-48(29-27-47)50-32-38-57(39-33-50)62(54-24-14-5-15-25-54)58-42-43-59(60(44-58)51-20-10-3-11-21-51)52-34-40-56(41-35-52)61(53-22-12-4-13-23-53)55-36-30-49(31-37-55)46-18-8-2-9-19-46/h2-6,8,10-12,14-18,20-22,24-44H,9,13,19,23H2. The summed E-state index contributed by atoms with van der Waals surface area (Å²) in [5, 5.41) is 0. The van der Waals surface area contributed by atoms with Crippen molar-refractivity contribution in [3.8, 4) is 44.5 Å². The highest BCUT2D eigenvalue weighted by Gasteiger charge is 2.19. The summed E-state index contributed by atoms with van der Waals surface area (Å²) in [6, 6.07) is 76.3. The molecule has 0 bridgehead atoms. The second kappa shape index (κ2) is 17.8. The minimum Gasteiger partial charge on any atom is -0.314 e. The van der Waals surface area contributed by atoms with E-state index in [-0.39, 0.29) is 0 Å². The molecule has 0 atom stereocenters. The molecule has 0 unspecified atom stereocenters. The Labute approximate surface area is 366 Å². The summed E-state index contributed by atoms with van der Waals surface area (Å²) in [6.07, 6.45) is 17.6. The molecule has 0 fully saturated rings. The molecule has 296 valence electrons. The summed E-state index contributed by atoms with van der Waals surface area (Å²) in [5.74, 6) is 0. The molecule has 0 saturated heterocycles. The predicted molar refractivity (Wildman–Crippen MR) is 262 cm³/mol. The van der Waals surface area contributed by atoms with Crippen molar-refractivity contribution < 1.29 is 0 Å². The molecule has 2 aliphatic rings. The van der Waals surface area contributed by atoms with Gasteiger partial charge in [-0.05, 0) is 166 Å². The van der Waals surface area contributed by atoms with E-state index in [1.807, 2.05) is 12.1 Å². The predicted octanol–water partition coefficient (Wildman–Crippen LogP) is 16.5. The van der Waals surface area contributed by atoms with Crippen molar-refractivity contribution in [2.75, 3.05) is 9.80 Å². The van der Waals surface area contributed by atoms with Gasteiger partial charge in [-0.15, -0.1) is 0 Å². The Hall–Kier alpha value is -7.86. The van der Waals surface area contributed by atoms with Crippen LogP contribution in [0, 0.1) is 12.1 Å². The lowest BCUT2D eigenvalue weighted by atomic mass is 9.93. The second-order valence-corrected chi connectivity index (χ2v) is 15.8. The number of nitrogens with zero attached hydrogens (tertiary/aromatic N) is 2. The molecule has 0 aliphatic heterocycles. The van der Waals surface area contributed by atoms with Gasteiger partial charge < -0.3 is 9.80 Å². The van der Waals surface area contributed by atoms with Gasteiger partial charge in [0.05, 0.1) is 0 Å². The third-order valence-electron chi connectivity index (χ3n) is 11.9. The zero-order valence-electron chi connectivity index (χ0n) is 34.7. The Kier molecular flexibility index (Phi) is 11.0. The molecule has 0 aromatic heterocycles. The van der Waals surface area contributed by atoms with Crippen molar-refractivity contribution in [1.29, 1.82) is 0 Å². The number of benzene rings is 7. The fourth-order valence-electron chi connectivity index (χ4n) is 8.70. The quantitative estimate of drug-likeness (QED) is 0.129. The number of hydrogen-bond donors (Lipinski definition) is 0. The van der Waals surface area contributed by atoms with Gasteiger partial charge in [-0.3, -0.25) is 0 Å². The smallest absolute Gasteiger partial charge is 0.0468 e. The van der Waals surface area contributed by atoms with Gasteiger partial charge in [0.2, 0.25) is 0 Å². The van der Waals surface area contributed by atoms with Crippen molar-refractivity contribution in [2.24, 2.45) is 0 Å². The molecule has 0 radical (unpaired) electrons. The van der Waals surface area contributed by atoms with Crippen LogP contribution in [-0.4, -0.2) is 0 Å². The maximum absolute atomic E-state index is 3.07. The number of hydrogen-bond acceptors (Lipinski definition) is 2. The summed E-state index contributed by atoms with van der Waals surface area (Å²) >= 11 is 0. The van der Waals surface area contributed by atoms with Gasteiger partial charge in [-0.25, -0.2) is 0 Å². The van der Waals surface area contributed by atoms with Gasteiger partial charge in [0.25, 0.3) is 0 Å². The lowest BCUT2D eigenvalue weighted by Crippen LogP contribution is -2.17. The van der Waals surface area contributed by atoms with E-state index < -0.39 is 0 Å². The van der Waals surface area contributed by atoms with Gasteiger partial charge >= 0.3 is 0 Å². The average Bonchev–Trinajstić information content (AvgIpc) is 3.36. The average molecular weight is 795 g/mol. The third-order valence-corrected chi connectivity index (χ3v) is 11.9. The van der Waals surface area contributed by atoms with Gasteiger partial charge in [-0.1, -0.05) is 158 Å². The first kappa shape index (κ1) is 38.3. The van der Waals surface area contributed by atoms with Crippen LogP contribution >= 0.6 is 0 Å². The Bertz CT molecular complexity index is 2890. The number of allylic oxidation sites excluding steroid dienone is 8. The Morgan fingerprint density at radius 2 is 0.871 bits per heavy atom. The van der Waals surface area contributed by atoms with Gasteiger partial charge in [0.1, 0.15) is 0 Å². The Balaban J connectivity index is 0.992. The van der Waals surface area contributed by atoms with Crippen LogP contribution in [0.1, 0.15) is 31.2 Å². The molecule has 8 aromatic rings. The van der Waals surface area contributed by atoms with Crippen molar-refractivity contribution >= 4 is 34.0 Å². The van der Waals surface area contributed by atoms with Gasteiger partial charge in [0, 0.05) is 34.1 Å². The number of rotatable bonds is 11. The monoisotopic (exact) mass is 794 g/mol. The second-order valence-electron chi connectivity index (χ2n) is 15.8. The molecule has 8 aromatic carbocycles. The van der Waals surface area contributed by atoms with E-state index in [0.717, 1.165) is 54.0 Å². The lowest BCUT2D eigenvalue weighted by Gasteiger charge is -2.29. The maximum Gasteiger partial charge on any atom is 0.0468 e. The van der Waals surface area contributed by atoms with Crippen molar-refractivity contribution in [2.45, 2.75) is 25.7 Å². The van der Waals surface area contributed by atoms with Crippen molar-refractivity contribution in [3.63, 3.8) is 0 Å². The molecule has 0 N–H and O–H groups in total. The Morgan fingerprint density at radius 1 is 0.355 bits per heavy atom. The zero-order valence-corrected chi connectivity index (χ0v) is 34.7. The first-order chi connectivity index (χ1) is 30.7. The first-order valence-corrected chi connectivity index (χ1v) is 21.6. The highest BCUT2D eigenvalue weighted by Crippen LogP contribution is 2.42. The summed E-state index contributed by atoms with van der Waals surface area (Å²) in [6.45, 7) is 0. The molecular weight excluding hydrogens is 749 g/mol. The minimum atomic E-state index is 0.996. The van der Waals surface area contributed by atoms with Crippen LogP contribution in [0.3, 0.4) is 0 Å². The maximum atomic E-state index is 3.07. The normalized spacial score (nSPS) is 13.2. The minimum absolute atomic E-state index is 0.996. The third kappa shape index (κ3) is 8.18. The van der Waals surface area contributed by atoms with Crippen molar-refractivity contribution in [3.05, 3.63) is 254 Å². The highest BCUT2D eigenvalue weighted by atomic mass is 15.2. The van der Waals surface area contributed by atoms with Crippen LogP contribution in [0.5, 0.6) is 0 Å². The molecule has 62 heavy (non-hydrogen) atoms. The number of anilines is 5. The van der Waals surface area contributed by atoms with E-state index in [0.29, 0.717) is 0 Å². The summed E-state index contributed by atoms with van der Waals surface area (Å²) < 4.78 is 0. The lowest BCUT2D eigenvalue weighted by molar-refractivity contribution is 0.917. The van der Waals surface area contributed by atoms with E-state index in [4.69, 9.17) is 0 Å². The van der Waals surface area contributed by atoms with Gasteiger partial charge in [0.15, 0.2) is 0 Å². The molecule has 2 nitrogen and oxygen atoms in total. The molecule has 0 spiro atoms. The van der Waals surface area contributed by atoms with Crippen LogP contribution in [0.15, 0.2) is 236 Å². The SMILES string of the molecule is c1ccc(-c2ccc(-c3ccc(N(c4ccccc4)c4ccc(-c5ccc(N(C6=CC=CCC6)c6ccc(C7=CC=CCC7)cc6)cc5)c(-c5ccccc5)c4)cc3)cc2)cc#1. The topological polar surface area (TPSA) is 6.48 Å². The van der Waals surface area contributed by atoms with E-state index >= 15 is 0 Å². The van der Waals surface area contributed by atoms with Crippen LogP contribution in [0.25, 0.3) is 50.1 Å². The van der Waals surface area contributed by atoms with Crippen LogP contribution in [0.4, 0.5) is 28.4 Å². The fourth-order valence-corrected chi connectivity index (χ4v) is 8.70.